The number of carbonyl (C=O) groups excluding carboxylic acids is 1. The molecule has 2 fully saturated rings. The first-order valence-corrected chi connectivity index (χ1v) is 8.57. The smallest absolute Gasteiger partial charge is 0.227 e. The van der Waals surface area contributed by atoms with Gasteiger partial charge in [-0.15, -0.1) is 0 Å². The molecule has 2 heterocycles. The zero-order valence-electron chi connectivity index (χ0n) is 14.5. The Morgan fingerprint density at radius 2 is 1.62 bits per heavy atom. The Morgan fingerprint density at radius 1 is 1.05 bits per heavy atom. The number of amides is 1. The van der Waals surface area contributed by atoms with E-state index < -0.39 is 0 Å². The second-order valence-electron chi connectivity index (χ2n) is 8.06. The van der Waals surface area contributed by atoms with Gasteiger partial charge in [-0.05, 0) is 39.7 Å². The van der Waals surface area contributed by atoms with Crippen molar-refractivity contribution in [2.24, 2.45) is 5.41 Å². The number of nitrogens with zero attached hydrogens (tertiary/aromatic N) is 2. The van der Waals surface area contributed by atoms with Crippen LogP contribution in [0.15, 0.2) is 0 Å². The van der Waals surface area contributed by atoms with E-state index in [2.05, 4.69) is 24.1 Å². The minimum atomic E-state index is -0.247. The summed E-state index contributed by atoms with van der Waals surface area (Å²) in [5.74, 6) is 0.299. The number of carbonyl (C=O) groups is 1. The van der Waals surface area contributed by atoms with Crippen LogP contribution in [0.3, 0.4) is 0 Å². The summed E-state index contributed by atoms with van der Waals surface area (Å²) in [5, 5.41) is 3.82. The van der Waals surface area contributed by atoms with Crippen molar-refractivity contribution < 1.29 is 4.79 Å². The molecule has 0 radical (unpaired) electrons. The third kappa shape index (κ3) is 4.43. The van der Waals surface area contributed by atoms with Crippen molar-refractivity contribution in [2.75, 3.05) is 26.2 Å². The molecule has 122 valence electrons. The summed E-state index contributed by atoms with van der Waals surface area (Å²) in [7, 11) is 0. The summed E-state index contributed by atoms with van der Waals surface area (Å²) in [4.78, 5) is 16.9. The predicted octanol–water partition coefficient (Wildman–Crippen LogP) is 2.10. The number of rotatable bonds is 3. The summed E-state index contributed by atoms with van der Waals surface area (Å²) >= 11 is 0. The van der Waals surface area contributed by atoms with Crippen LogP contribution in [-0.4, -0.2) is 60.0 Å². The van der Waals surface area contributed by atoms with E-state index in [9.17, 15) is 4.79 Å². The lowest BCUT2D eigenvalue weighted by molar-refractivity contribution is -0.140. The summed E-state index contributed by atoms with van der Waals surface area (Å²) in [6, 6.07) is 1.89. The summed E-state index contributed by atoms with van der Waals surface area (Å²) in [6.45, 7) is 14.8. The van der Waals surface area contributed by atoms with Crippen LogP contribution in [0.1, 0.15) is 53.9 Å². The van der Waals surface area contributed by atoms with E-state index in [-0.39, 0.29) is 5.41 Å². The molecular weight excluding hydrogens is 262 g/mol. The van der Waals surface area contributed by atoms with E-state index in [0.29, 0.717) is 24.0 Å². The molecule has 2 rings (SSSR count). The van der Waals surface area contributed by atoms with Crippen molar-refractivity contribution in [1.82, 2.24) is 15.1 Å². The molecule has 1 unspecified atom stereocenters. The van der Waals surface area contributed by atoms with Gasteiger partial charge in [-0.2, -0.15) is 0 Å². The summed E-state index contributed by atoms with van der Waals surface area (Å²) in [5.41, 5.74) is -0.247. The maximum atomic E-state index is 12.3. The zero-order valence-corrected chi connectivity index (χ0v) is 14.5. The SMILES string of the molecule is CC(C)N1CCC(NC2CCN(C(=O)C(C)(C)C)CC2)C1. The lowest BCUT2D eigenvalue weighted by Gasteiger charge is -2.37. The zero-order chi connectivity index (χ0) is 15.6. The third-order valence-corrected chi connectivity index (χ3v) is 4.85. The molecule has 2 aliphatic heterocycles. The fraction of sp³-hybridized carbons (Fsp3) is 0.941. The Bertz CT molecular complexity index is 354. The summed E-state index contributed by atoms with van der Waals surface area (Å²) < 4.78 is 0. The molecule has 4 heteroatoms. The molecule has 0 bridgehead atoms. The van der Waals surface area contributed by atoms with E-state index in [1.807, 2.05) is 25.7 Å². The second kappa shape index (κ2) is 6.66. The fourth-order valence-electron chi connectivity index (χ4n) is 3.45. The Morgan fingerprint density at radius 3 is 2.10 bits per heavy atom. The van der Waals surface area contributed by atoms with Crippen LogP contribution in [0, 0.1) is 5.41 Å². The molecular formula is C17H33N3O. The molecule has 4 nitrogen and oxygen atoms in total. The third-order valence-electron chi connectivity index (χ3n) is 4.85. The van der Waals surface area contributed by atoms with Gasteiger partial charge in [-0.1, -0.05) is 20.8 Å². The van der Waals surface area contributed by atoms with Crippen molar-refractivity contribution in [3.05, 3.63) is 0 Å². The molecule has 0 spiro atoms. The van der Waals surface area contributed by atoms with Crippen LogP contribution in [-0.2, 0) is 4.79 Å². The maximum Gasteiger partial charge on any atom is 0.227 e. The van der Waals surface area contributed by atoms with Crippen molar-refractivity contribution in [2.45, 2.75) is 72.0 Å². The van der Waals surface area contributed by atoms with E-state index in [1.54, 1.807) is 0 Å². The van der Waals surface area contributed by atoms with Crippen LogP contribution >= 0.6 is 0 Å². The van der Waals surface area contributed by atoms with Crippen molar-refractivity contribution in [1.29, 1.82) is 0 Å². The van der Waals surface area contributed by atoms with Gasteiger partial charge in [0, 0.05) is 43.2 Å². The number of likely N-dealkylation sites (tertiary alicyclic amines) is 2. The first-order chi connectivity index (χ1) is 9.77. The van der Waals surface area contributed by atoms with Gasteiger partial charge in [-0.3, -0.25) is 9.69 Å². The van der Waals surface area contributed by atoms with Gasteiger partial charge in [0.2, 0.25) is 5.91 Å². The Kier molecular flexibility index (Phi) is 5.31. The first kappa shape index (κ1) is 16.8. The topological polar surface area (TPSA) is 35.6 Å². The quantitative estimate of drug-likeness (QED) is 0.866. The van der Waals surface area contributed by atoms with Gasteiger partial charge in [-0.25, -0.2) is 0 Å². The molecule has 0 aliphatic carbocycles. The highest BCUT2D eigenvalue weighted by atomic mass is 16.2. The molecule has 0 aromatic rings. The molecule has 1 N–H and O–H groups in total. The van der Waals surface area contributed by atoms with Crippen LogP contribution in [0.4, 0.5) is 0 Å². The van der Waals surface area contributed by atoms with Crippen LogP contribution in [0.25, 0.3) is 0 Å². The van der Waals surface area contributed by atoms with Crippen LogP contribution in [0.2, 0.25) is 0 Å². The molecule has 0 saturated carbocycles. The molecule has 1 amide bonds. The minimum absolute atomic E-state index is 0.247. The van der Waals surface area contributed by atoms with Gasteiger partial charge in [0.15, 0.2) is 0 Å². The van der Waals surface area contributed by atoms with Crippen molar-refractivity contribution in [3.8, 4) is 0 Å². The van der Waals surface area contributed by atoms with Crippen molar-refractivity contribution in [3.63, 3.8) is 0 Å². The largest absolute Gasteiger partial charge is 0.342 e. The fourth-order valence-corrected chi connectivity index (χ4v) is 3.45. The molecule has 1 atom stereocenters. The second-order valence-corrected chi connectivity index (χ2v) is 8.06. The maximum absolute atomic E-state index is 12.3. The van der Waals surface area contributed by atoms with Gasteiger partial charge < -0.3 is 10.2 Å². The van der Waals surface area contributed by atoms with E-state index in [4.69, 9.17) is 0 Å². The Hall–Kier alpha value is -0.610. The first-order valence-electron chi connectivity index (χ1n) is 8.57. The average molecular weight is 295 g/mol. The van der Waals surface area contributed by atoms with E-state index >= 15 is 0 Å². The van der Waals surface area contributed by atoms with Gasteiger partial charge in [0.05, 0.1) is 0 Å². The number of hydrogen-bond donors (Lipinski definition) is 1. The van der Waals surface area contributed by atoms with E-state index in [1.165, 1.54) is 19.5 Å². The molecule has 0 aromatic heterocycles. The Labute approximate surface area is 130 Å². The molecule has 0 aromatic carbocycles. The highest BCUT2D eigenvalue weighted by Gasteiger charge is 2.32. The highest BCUT2D eigenvalue weighted by molar-refractivity contribution is 5.81. The number of hydrogen-bond acceptors (Lipinski definition) is 3. The van der Waals surface area contributed by atoms with Gasteiger partial charge in [0.25, 0.3) is 0 Å². The number of nitrogens with one attached hydrogen (secondary N) is 1. The molecule has 21 heavy (non-hydrogen) atoms. The highest BCUT2D eigenvalue weighted by Crippen LogP contribution is 2.22. The van der Waals surface area contributed by atoms with Gasteiger partial charge >= 0.3 is 0 Å². The minimum Gasteiger partial charge on any atom is -0.342 e. The normalized spacial score (nSPS) is 25.8. The predicted molar refractivity (Wildman–Crippen MR) is 87.3 cm³/mol. The lowest BCUT2D eigenvalue weighted by atomic mass is 9.93. The van der Waals surface area contributed by atoms with Crippen LogP contribution < -0.4 is 5.32 Å². The van der Waals surface area contributed by atoms with Crippen LogP contribution in [0.5, 0.6) is 0 Å². The van der Waals surface area contributed by atoms with Crippen molar-refractivity contribution >= 4 is 5.91 Å². The monoisotopic (exact) mass is 295 g/mol. The molecule has 2 saturated heterocycles. The standard InChI is InChI=1S/C17H33N3O/c1-13(2)20-11-8-15(12-20)18-14-6-9-19(10-7-14)16(21)17(3,4)5/h13-15,18H,6-12H2,1-5H3. The molecule has 2 aliphatic rings. The average Bonchev–Trinajstić information content (AvgIpc) is 2.86. The summed E-state index contributed by atoms with van der Waals surface area (Å²) in [6.07, 6.45) is 3.46. The Balaban J connectivity index is 1.74. The van der Waals surface area contributed by atoms with Gasteiger partial charge in [0.1, 0.15) is 0 Å². The number of piperidine rings is 1. The van der Waals surface area contributed by atoms with E-state index in [0.717, 1.165) is 25.9 Å². The lowest BCUT2D eigenvalue weighted by Crippen LogP contribution is -2.50.